The van der Waals surface area contributed by atoms with Crippen LogP contribution in [0.3, 0.4) is 0 Å². The fraction of sp³-hybridized carbons (Fsp3) is 0.381. The van der Waals surface area contributed by atoms with E-state index in [0.717, 1.165) is 64.2 Å². The van der Waals surface area contributed by atoms with Crippen LogP contribution in [0.5, 0.6) is 0 Å². The quantitative estimate of drug-likeness (QED) is 0.0844. The Labute approximate surface area is 290 Å². The maximum atomic E-state index is 14.7. The van der Waals surface area contributed by atoms with Gasteiger partial charge in [-0.25, -0.2) is 0 Å². The van der Waals surface area contributed by atoms with Crippen molar-refractivity contribution in [1.82, 2.24) is 9.80 Å². The van der Waals surface area contributed by atoms with Crippen LogP contribution in [-0.4, -0.2) is 46.5 Å². The largest absolute Gasteiger partial charge is 0.455 e. The summed E-state index contributed by atoms with van der Waals surface area (Å²) in [6, 6.07) is 14.8. The average molecular weight is 671 g/mol. The fourth-order valence-corrected chi connectivity index (χ4v) is 8.23. The molecule has 256 valence electrons. The lowest BCUT2D eigenvalue weighted by Gasteiger charge is -2.32. The van der Waals surface area contributed by atoms with Gasteiger partial charge in [0.25, 0.3) is 23.6 Å². The van der Waals surface area contributed by atoms with Crippen molar-refractivity contribution >= 4 is 78.3 Å². The van der Waals surface area contributed by atoms with E-state index < -0.39 is 23.6 Å². The van der Waals surface area contributed by atoms with E-state index in [-0.39, 0.29) is 46.5 Å². The van der Waals surface area contributed by atoms with Gasteiger partial charge in [-0.15, -0.1) is 0 Å². The Morgan fingerprint density at radius 1 is 0.440 bits per heavy atom. The van der Waals surface area contributed by atoms with Crippen molar-refractivity contribution in [2.24, 2.45) is 0 Å². The summed E-state index contributed by atoms with van der Waals surface area (Å²) >= 11 is 0. The molecule has 4 amide bonds. The standard InChI is InChI=1S/C42H42N2O6/c1-3-5-7-9-11-17-23-43-39(45)33-29-25-19-13-15-21-27(25)50-38(29)36-32-31(33)35(41(43)47)37-30(26-20-14-16-22-28(26)49-37)34(32)40(46)44(42(36)48)24-18-12-10-8-6-4-2/h13-16,19-22H,3-12,17-18,23-24H2,1-2H3. The summed E-state index contributed by atoms with van der Waals surface area (Å²) < 4.78 is 13.0. The van der Waals surface area contributed by atoms with E-state index in [1.807, 2.05) is 48.5 Å². The average Bonchev–Trinajstić information content (AvgIpc) is 3.70. The van der Waals surface area contributed by atoms with E-state index in [4.69, 9.17) is 8.83 Å². The Kier molecular flexibility index (Phi) is 8.41. The molecule has 0 saturated carbocycles. The smallest absolute Gasteiger partial charge is 0.265 e. The molecule has 8 nitrogen and oxygen atoms in total. The second kappa shape index (κ2) is 13.0. The van der Waals surface area contributed by atoms with Gasteiger partial charge in [-0.1, -0.05) is 114 Å². The molecule has 50 heavy (non-hydrogen) atoms. The Balaban J connectivity index is 1.39. The van der Waals surface area contributed by atoms with Crippen LogP contribution in [0.2, 0.25) is 0 Å². The number of hydrogen-bond acceptors (Lipinski definition) is 6. The molecular weight excluding hydrogens is 628 g/mol. The predicted octanol–water partition coefficient (Wildman–Crippen LogP) is 10.6. The van der Waals surface area contributed by atoms with E-state index in [1.54, 1.807) is 0 Å². The first-order chi connectivity index (χ1) is 24.5. The normalized spacial score (nSPS) is 14.6. The maximum absolute atomic E-state index is 14.7. The lowest BCUT2D eigenvalue weighted by Crippen LogP contribution is -2.44. The molecular formula is C42H42N2O6. The van der Waals surface area contributed by atoms with Gasteiger partial charge in [-0.3, -0.25) is 29.0 Å². The van der Waals surface area contributed by atoms with Gasteiger partial charge < -0.3 is 8.83 Å². The number of rotatable bonds is 14. The predicted molar refractivity (Wildman–Crippen MR) is 196 cm³/mol. The molecule has 2 aromatic heterocycles. The van der Waals surface area contributed by atoms with Crippen LogP contribution in [0.1, 0.15) is 132 Å². The molecule has 0 unspecified atom stereocenters. The van der Waals surface area contributed by atoms with E-state index >= 15 is 0 Å². The van der Waals surface area contributed by atoms with Crippen LogP contribution >= 0.6 is 0 Å². The summed E-state index contributed by atoms with van der Waals surface area (Å²) in [6.07, 6.45) is 12.1. The van der Waals surface area contributed by atoms with Crippen LogP contribution in [0.4, 0.5) is 0 Å². The van der Waals surface area contributed by atoms with Crippen LogP contribution in [-0.2, 0) is 0 Å². The van der Waals surface area contributed by atoms with Crippen molar-refractivity contribution in [3.63, 3.8) is 0 Å². The molecule has 0 radical (unpaired) electrons. The van der Waals surface area contributed by atoms with Crippen molar-refractivity contribution in [1.29, 1.82) is 0 Å². The van der Waals surface area contributed by atoms with E-state index in [2.05, 4.69) is 13.8 Å². The molecule has 4 aromatic carbocycles. The Bertz CT molecular complexity index is 2200. The van der Waals surface area contributed by atoms with Gasteiger partial charge in [-0.05, 0) is 25.0 Å². The first-order valence-corrected chi connectivity index (χ1v) is 18.5. The van der Waals surface area contributed by atoms with E-state index in [0.29, 0.717) is 56.3 Å². The molecule has 4 heterocycles. The lowest BCUT2D eigenvalue weighted by atomic mass is 9.81. The summed E-state index contributed by atoms with van der Waals surface area (Å²) in [6.45, 7) is 4.87. The highest BCUT2D eigenvalue weighted by Gasteiger charge is 2.46. The Morgan fingerprint density at radius 2 is 0.800 bits per heavy atom. The zero-order chi connectivity index (χ0) is 34.5. The molecule has 0 fully saturated rings. The zero-order valence-electron chi connectivity index (χ0n) is 28.9. The molecule has 0 atom stereocenters. The molecule has 0 aliphatic carbocycles. The highest BCUT2D eigenvalue weighted by molar-refractivity contribution is 6.45. The minimum absolute atomic E-state index is 0.230. The minimum atomic E-state index is -0.459. The van der Waals surface area contributed by atoms with Gasteiger partial charge in [0, 0.05) is 45.4 Å². The molecule has 0 saturated heterocycles. The number of carbonyl (C=O) groups excluding carboxylic acids is 4. The highest BCUT2D eigenvalue weighted by Crippen LogP contribution is 2.50. The zero-order valence-corrected chi connectivity index (χ0v) is 28.9. The summed E-state index contributed by atoms with van der Waals surface area (Å²) in [5.74, 6) is -1.79. The van der Waals surface area contributed by atoms with Gasteiger partial charge in [0.2, 0.25) is 0 Å². The molecule has 2 aliphatic rings. The van der Waals surface area contributed by atoms with Gasteiger partial charge >= 0.3 is 0 Å². The van der Waals surface area contributed by atoms with Crippen molar-refractivity contribution in [3.8, 4) is 0 Å². The van der Waals surface area contributed by atoms with Gasteiger partial charge in [0.05, 0.1) is 22.3 Å². The van der Waals surface area contributed by atoms with Crippen molar-refractivity contribution in [2.75, 3.05) is 13.1 Å². The number of benzene rings is 4. The van der Waals surface area contributed by atoms with Crippen molar-refractivity contribution < 1.29 is 28.0 Å². The maximum Gasteiger partial charge on any atom is 0.265 e. The minimum Gasteiger partial charge on any atom is -0.455 e. The first kappa shape index (κ1) is 32.2. The van der Waals surface area contributed by atoms with Gasteiger partial charge in [0.15, 0.2) is 0 Å². The second-order valence-electron chi connectivity index (χ2n) is 13.9. The van der Waals surface area contributed by atoms with E-state index in [9.17, 15) is 19.2 Å². The second-order valence-corrected chi connectivity index (χ2v) is 13.9. The number of fused-ring (bicyclic) bond motifs is 10. The number of hydrogen-bond donors (Lipinski definition) is 0. The van der Waals surface area contributed by atoms with Crippen LogP contribution < -0.4 is 0 Å². The van der Waals surface area contributed by atoms with E-state index in [1.165, 1.54) is 9.80 Å². The molecule has 0 N–H and O–H groups in total. The highest BCUT2D eigenvalue weighted by atomic mass is 16.3. The third-order valence-electron chi connectivity index (χ3n) is 10.7. The van der Waals surface area contributed by atoms with Gasteiger partial charge in [-0.2, -0.15) is 0 Å². The number of imide groups is 2. The molecule has 0 bridgehead atoms. The number of carbonyl (C=O) groups is 4. The Morgan fingerprint density at radius 3 is 1.22 bits per heavy atom. The molecule has 2 aliphatic heterocycles. The number of para-hydroxylation sites is 2. The number of unbranched alkanes of at least 4 members (excludes halogenated alkanes) is 10. The van der Waals surface area contributed by atoms with Crippen molar-refractivity contribution in [2.45, 2.75) is 90.9 Å². The molecule has 8 heteroatoms. The van der Waals surface area contributed by atoms with Crippen LogP contribution in [0.25, 0.3) is 54.6 Å². The number of nitrogens with zero attached hydrogens (tertiary/aromatic N) is 2. The number of amides is 4. The molecule has 8 rings (SSSR count). The summed E-state index contributed by atoms with van der Waals surface area (Å²) in [5.41, 5.74) is 2.66. The molecule has 0 spiro atoms. The van der Waals surface area contributed by atoms with Crippen molar-refractivity contribution in [3.05, 3.63) is 70.8 Å². The topological polar surface area (TPSA) is 101 Å². The summed E-state index contributed by atoms with van der Waals surface area (Å²) in [5, 5.41) is 2.99. The summed E-state index contributed by atoms with van der Waals surface area (Å²) in [7, 11) is 0. The van der Waals surface area contributed by atoms with Crippen LogP contribution in [0, 0.1) is 0 Å². The van der Waals surface area contributed by atoms with Gasteiger partial charge in [0.1, 0.15) is 22.3 Å². The third-order valence-corrected chi connectivity index (χ3v) is 10.7. The lowest BCUT2D eigenvalue weighted by molar-refractivity contribution is 0.0589. The number of furan rings is 2. The SMILES string of the molecule is CCCCCCCCN1C(=O)c2c3oc4ccccc4c3c3c4c(c5oc6ccccc6c5c(c24)C1=O)C(=O)N(CCCCCCCC)C3=O. The van der Waals surface area contributed by atoms with Crippen LogP contribution in [0.15, 0.2) is 57.4 Å². The Hall–Kier alpha value is -4.98. The first-order valence-electron chi connectivity index (χ1n) is 18.5. The monoisotopic (exact) mass is 670 g/mol. The molecule has 6 aromatic rings. The third kappa shape index (κ3) is 4.86. The summed E-state index contributed by atoms with van der Waals surface area (Å²) in [4.78, 5) is 61.4. The fourth-order valence-electron chi connectivity index (χ4n) is 8.23.